The lowest BCUT2D eigenvalue weighted by Crippen LogP contribution is -2.26. The summed E-state index contributed by atoms with van der Waals surface area (Å²) in [5.74, 6) is 0.452. The molecule has 114 valence electrons. The number of hydrogen-bond acceptors (Lipinski definition) is 5. The smallest absolute Gasteiger partial charge is 0.309 e. The van der Waals surface area contributed by atoms with Crippen LogP contribution in [0.4, 0.5) is 0 Å². The van der Waals surface area contributed by atoms with Crippen LogP contribution in [0.5, 0.6) is 11.5 Å². The number of ether oxygens (including phenoxy) is 3. The number of hydrogen-bond donors (Lipinski definition) is 0. The van der Waals surface area contributed by atoms with Gasteiger partial charge in [-0.1, -0.05) is 20.3 Å². The quantitative estimate of drug-likeness (QED) is 0.596. The maximum absolute atomic E-state index is 12.4. The molecule has 5 heteroatoms. The van der Waals surface area contributed by atoms with E-state index in [0.29, 0.717) is 17.1 Å². The monoisotopic (exact) mass is 292 g/mol. The summed E-state index contributed by atoms with van der Waals surface area (Å²) in [5, 5.41) is 0. The molecule has 2 rings (SSSR count). The predicted molar refractivity (Wildman–Crippen MR) is 76.5 cm³/mol. The average molecular weight is 292 g/mol. The highest BCUT2D eigenvalue weighted by atomic mass is 16.7. The zero-order valence-electron chi connectivity index (χ0n) is 12.5. The van der Waals surface area contributed by atoms with E-state index in [2.05, 4.69) is 0 Å². The topological polar surface area (TPSA) is 61.8 Å². The molecule has 21 heavy (non-hydrogen) atoms. The summed E-state index contributed by atoms with van der Waals surface area (Å²) < 4.78 is 15.3. The summed E-state index contributed by atoms with van der Waals surface area (Å²) in [6.45, 7) is 4.12. The van der Waals surface area contributed by atoms with Gasteiger partial charge in [0, 0.05) is 12.0 Å². The summed E-state index contributed by atoms with van der Waals surface area (Å²) in [4.78, 5) is 24.2. The van der Waals surface area contributed by atoms with Crippen molar-refractivity contribution >= 4 is 11.8 Å². The molecule has 0 fully saturated rings. The van der Waals surface area contributed by atoms with Crippen LogP contribution < -0.4 is 9.47 Å². The van der Waals surface area contributed by atoms with Crippen LogP contribution in [0.3, 0.4) is 0 Å². The van der Waals surface area contributed by atoms with Crippen molar-refractivity contribution in [2.24, 2.45) is 11.8 Å². The molecule has 0 aromatic heterocycles. The van der Waals surface area contributed by atoms with Crippen molar-refractivity contribution in [1.29, 1.82) is 0 Å². The Morgan fingerprint density at radius 1 is 1.29 bits per heavy atom. The molecule has 2 atom stereocenters. The van der Waals surface area contributed by atoms with E-state index in [1.807, 2.05) is 13.8 Å². The zero-order chi connectivity index (χ0) is 15.4. The first-order valence-corrected chi connectivity index (χ1v) is 7.07. The molecule has 0 bridgehead atoms. The minimum Gasteiger partial charge on any atom is -0.469 e. The maximum Gasteiger partial charge on any atom is 0.309 e. The van der Waals surface area contributed by atoms with Crippen LogP contribution in [-0.2, 0) is 9.53 Å². The van der Waals surface area contributed by atoms with Gasteiger partial charge in [0.1, 0.15) is 0 Å². The van der Waals surface area contributed by atoms with Crippen LogP contribution in [0, 0.1) is 11.8 Å². The van der Waals surface area contributed by atoms with Crippen molar-refractivity contribution in [3.8, 4) is 11.5 Å². The summed E-state index contributed by atoms with van der Waals surface area (Å²) in [7, 11) is 1.35. The first-order valence-electron chi connectivity index (χ1n) is 7.07. The Bertz CT molecular complexity index is 537. The van der Waals surface area contributed by atoms with Gasteiger partial charge in [0.2, 0.25) is 6.79 Å². The number of esters is 1. The Morgan fingerprint density at radius 3 is 2.67 bits per heavy atom. The second kappa shape index (κ2) is 6.61. The number of rotatable bonds is 6. The van der Waals surface area contributed by atoms with Gasteiger partial charge in [-0.15, -0.1) is 0 Å². The van der Waals surface area contributed by atoms with E-state index < -0.39 is 5.92 Å². The first-order chi connectivity index (χ1) is 10.1. The number of methoxy groups -OCH3 is 1. The van der Waals surface area contributed by atoms with Crippen LogP contribution in [0.15, 0.2) is 18.2 Å². The Kier molecular flexibility index (Phi) is 4.83. The van der Waals surface area contributed by atoms with Gasteiger partial charge in [-0.3, -0.25) is 9.59 Å². The third kappa shape index (κ3) is 3.35. The Labute approximate surface area is 124 Å². The van der Waals surface area contributed by atoms with E-state index in [1.165, 1.54) is 7.11 Å². The summed E-state index contributed by atoms with van der Waals surface area (Å²) in [6.07, 6.45) is 0.954. The summed E-state index contributed by atoms with van der Waals surface area (Å²) in [6, 6.07) is 5.07. The number of fused-ring (bicyclic) bond motifs is 1. The first kappa shape index (κ1) is 15.4. The van der Waals surface area contributed by atoms with Gasteiger partial charge in [0.05, 0.1) is 13.0 Å². The minimum absolute atomic E-state index is 0.0930. The van der Waals surface area contributed by atoms with E-state index in [1.54, 1.807) is 18.2 Å². The molecule has 0 N–H and O–H groups in total. The molecule has 5 nitrogen and oxygen atoms in total. The minimum atomic E-state index is -0.419. The number of carbonyl (C=O) groups is 2. The molecular formula is C16H20O5. The molecular weight excluding hydrogens is 272 g/mol. The number of Topliss-reactive ketones (excluding diaryl/α,β-unsaturated/α-hetero) is 1. The van der Waals surface area contributed by atoms with Crippen LogP contribution in [0.1, 0.15) is 37.0 Å². The van der Waals surface area contributed by atoms with Gasteiger partial charge in [-0.25, -0.2) is 0 Å². The lowest BCUT2D eigenvalue weighted by molar-refractivity contribution is -0.147. The third-order valence-corrected chi connectivity index (χ3v) is 3.93. The normalized spacial score (nSPS) is 15.4. The molecule has 0 spiro atoms. The van der Waals surface area contributed by atoms with Crippen molar-refractivity contribution in [3.05, 3.63) is 23.8 Å². The van der Waals surface area contributed by atoms with Crippen molar-refractivity contribution < 1.29 is 23.8 Å². The van der Waals surface area contributed by atoms with Gasteiger partial charge >= 0.3 is 5.97 Å². The van der Waals surface area contributed by atoms with E-state index in [-0.39, 0.29) is 30.9 Å². The van der Waals surface area contributed by atoms with Crippen molar-refractivity contribution in [1.82, 2.24) is 0 Å². The summed E-state index contributed by atoms with van der Waals surface area (Å²) >= 11 is 0. The Balaban J connectivity index is 2.13. The number of benzene rings is 1. The van der Waals surface area contributed by atoms with Gasteiger partial charge in [0.25, 0.3) is 0 Å². The molecule has 0 radical (unpaired) electrons. The SMILES string of the molecule is CCC(C)C(CC(=O)c1ccc2c(c1)OCO2)C(=O)OC. The predicted octanol–water partition coefficient (Wildman–Crippen LogP) is 2.82. The Hall–Kier alpha value is -2.04. The van der Waals surface area contributed by atoms with Gasteiger partial charge < -0.3 is 14.2 Å². The zero-order valence-corrected chi connectivity index (χ0v) is 12.5. The van der Waals surface area contributed by atoms with Gasteiger partial charge in [-0.2, -0.15) is 0 Å². The van der Waals surface area contributed by atoms with E-state index in [4.69, 9.17) is 14.2 Å². The maximum atomic E-state index is 12.4. The summed E-state index contributed by atoms with van der Waals surface area (Å²) in [5.41, 5.74) is 0.524. The van der Waals surface area contributed by atoms with Crippen LogP contribution >= 0.6 is 0 Å². The molecule has 0 saturated carbocycles. The second-order valence-electron chi connectivity index (χ2n) is 5.21. The molecule has 1 aromatic carbocycles. The van der Waals surface area contributed by atoms with Crippen molar-refractivity contribution in [3.63, 3.8) is 0 Å². The molecule has 1 heterocycles. The highest BCUT2D eigenvalue weighted by Crippen LogP contribution is 2.33. The largest absolute Gasteiger partial charge is 0.469 e. The fraction of sp³-hybridized carbons (Fsp3) is 0.500. The third-order valence-electron chi connectivity index (χ3n) is 3.93. The molecule has 2 unspecified atom stereocenters. The second-order valence-corrected chi connectivity index (χ2v) is 5.21. The standard InChI is InChI=1S/C16H20O5/c1-4-10(2)12(16(18)19-3)8-13(17)11-5-6-14-15(7-11)21-9-20-14/h5-7,10,12H,4,8-9H2,1-3H3. The molecule has 1 aliphatic rings. The van der Waals surface area contributed by atoms with Gasteiger partial charge in [-0.05, 0) is 24.1 Å². The van der Waals surface area contributed by atoms with E-state index in [0.717, 1.165) is 6.42 Å². The molecule has 1 aromatic rings. The van der Waals surface area contributed by atoms with Crippen LogP contribution in [0.2, 0.25) is 0 Å². The highest BCUT2D eigenvalue weighted by Gasteiger charge is 2.28. The fourth-order valence-corrected chi connectivity index (χ4v) is 2.34. The highest BCUT2D eigenvalue weighted by molar-refractivity contribution is 5.98. The lowest BCUT2D eigenvalue weighted by atomic mass is 9.86. The molecule has 1 aliphatic heterocycles. The lowest BCUT2D eigenvalue weighted by Gasteiger charge is -2.19. The van der Waals surface area contributed by atoms with Crippen LogP contribution in [-0.4, -0.2) is 25.7 Å². The molecule has 0 aliphatic carbocycles. The number of carbonyl (C=O) groups excluding carboxylic acids is 2. The van der Waals surface area contributed by atoms with Crippen molar-refractivity contribution in [2.45, 2.75) is 26.7 Å². The average Bonchev–Trinajstić information content (AvgIpc) is 2.98. The molecule has 0 amide bonds. The Morgan fingerprint density at radius 2 is 2.00 bits per heavy atom. The van der Waals surface area contributed by atoms with Gasteiger partial charge in [0.15, 0.2) is 17.3 Å². The molecule has 0 saturated heterocycles. The van der Waals surface area contributed by atoms with E-state index >= 15 is 0 Å². The van der Waals surface area contributed by atoms with Crippen LogP contribution in [0.25, 0.3) is 0 Å². The van der Waals surface area contributed by atoms with Crippen molar-refractivity contribution in [2.75, 3.05) is 13.9 Å². The van der Waals surface area contributed by atoms with E-state index in [9.17, 15) is 9.59 Å². The fourth-order valence-electron chi connectivity index (χ4n) is 2.34. The number of ketones is 1.